The summed E-state index contributed by atoms with van der Waals surface area (Å²) in [5.74, 6) is -3.16. The van der Waals surface area contributed by atoms with Crippen molar-refractivity contribution in [1.29, 1.82) is 0 Å². The third-order valence-corrected chi connectivity index (χ3v) is 3.97. The molecule has 0 unspecified atom stereocenters. The van der Waals surface area contributed by atoms with E-state index < -0.39 is 17.8 Å². The number of nitrogens with one attached hydrogen (secondary N) is 1. The summed E-state index contributed by atoms with van der Waals surface area (Å²) in [6.45, 7) is 0. The van der Waals surface area contributed by atoms with Crippen molar-refractivity contribution in [2.45, 2.75) is 0 Å². The molecule has 0 aliphatic rings. The molecule has 0 saturated carbocycles. The number of carbonyl (C=O) groups is 3. The molecule has 0 saturated heterocycles. The van der Waals surface area contributed by atoms with Gasteiger partial charge in [0.25, 0.3) is 5.91 Å². The van der Waals surface area contributed by atoms with E-state index in [4.69, 9.17) is 15.9 Å². The Morgan fingerprint density at radius 3 is 2.11 bits per heavy atom. The standard InChI is InChI=1S/C20H15N3O5/c21-17-9-11(3-4-16(17)12-2-1-5-22-10-12)18(24)23-15-7-13(19(25)26)6-14(8-15)20(27)28/h1-10H,21H2,(H,23,24)(H,25,26)(H,27,28). The largest absolute Gasteiger partial charge is 0.478 e. The molecular weight excluding hydrogens is 362 g/mol. The van der Waals surface area contributed by atoms with Crippen molar-refractivity contribution in [2.75, 3.05) is 11.1 Å². The number of aromatic nitrogens is 1. The zero-order valence-corrected chi connectivity index (χ0v) is 14.4. The number of carbonyl (C=O) groups excluding carboxylic acids is 1. The van der Waals surface area contributed by atoms with Gasteiger partial charge in [0.15, 0.2) is 0 Å². The molecule has 0 fully saturated rings. The quantitative estimate of drug-likeness (QED) is 0.501. The second-order valence-corrected chi connectivity index (χ2v) is 5.91. The molecule has 3 aromatic rings. The van der Waals surface area contributed by atoms with Crippen LogP contribution in [-0.2, 0) is 0 Å². The molecule has 0 spiro atoms. The first-order valence-electron chi connectivity index (χ1n) is 8.08. The molecular formula is C20H15N3O5. The first-order valence-corrected chi connectivity index (χ1v) is 8.08. The van der Waals surface area contributed by atoms with E-state index in [0.29, 0.717) is 11.3 Å². The van der Waals surface area contributed by atoms with Crippen LogP contribution in [-0.4, -0.2) is 33.0 Å². The number of amides is 1. The molecule has 28 heavy (non-hydrogen) atoms. The first-order chi connectivity index (χ1) is 13.3. The van der Waals surface area contributed by atoms with Crippen LogP contribution in [0.1, 0.15) is 31.1 Å². The summed E-state index contributed by atoms with van der Waals surface area (Å²) >= 11 is 0. The molecule has 0 bridgehead atoms. The van der Waals surface area contributed by atoms with Crippen molar-refractivity contribution >= 4 is 29.2 Å². The van der Waals surface area contributed by atoms with E-state index in [1.54, 1.807) is 30.6 Å². The highest BCUT2D eigenvalue weighted by Gasteiger charge is 2.14. The summed E-state index contributed by atoms with van der Waals surface area (Å²) in [6.07, 6.45) is 3.29. The summed E-state index contributed by atoms with van der Waals surface area (Å²) in [7, 11) is 0. The summed E-state index contributed by atoms with van der Waals surface area (Å²) in [4.78, 5) is 38.9. The van der Waals surface area contributed by atoms with E-state index in [-0.39, 0.29) is 22.4 Å². The maximum absolute atomic E-state index is 12.5. The number of nitrogen functional groups attached to an aromatic ring is 1. The predicted octanol–water partition coefficient (Wildman–Crippen LogP) is 2.98. The monoisotopic (exact) mass is 377 g/mol. The van der Waals surface area contributed by atoms with Gasteiger partial charge in [0.05, 0.1) is 11.1 Å². The summed E-state index contributed by atoms with van der Waals surface area (Å²) in [6, 6.07) is 11.7. The Balaban J connectivity index is 1.88. The zero-order chi connectivity index (χ0) is 20.3. The van der Waals surface area contributed by atoms with E-state index in [1.165, 1.54) is 18.2 Å². The summed E-state index contributed by atoms with van der Waals surface area (Å²) in [5.41, 5.74) is 7.72. The van der Waals surface area contributed by atoms with Crippen molar-refractivity contribution in [3.05, 3.63) is 77.6 Å². The molecule has 8 nitrogen and oxygen atoms in total. The van der Waals surface area contributed by atoms with Crippen LogP contribution in [0, 0.1) is 0 Å². The lowest BCUT2D eigenvalue weighted by atomic mass is 10.0. The van der Waals surface area contributed by atoms with Gasteiger partial charge in [-0.3, -0.25) is 9.78 Å². The average molecular weight is 377 g/mol. The van der Waals surface area contributed by atoms with Crippen molar-refractivity contribution < 1.29 is 24.6 Å². The Morgan fingerprint density at radius 2 is 1.57 bits per heavy atom. The van der Waals surface area contributed by atoms with Gasteiger partial charge in [-0.1, -0.05) is 12.1 Å². The number of anilines is 2. The molecule has 0 aliphatic heterocycles. The summed E-state index contributed by atoms with van der Waals surface area (Å²) < 4.78 is 0. The maximum atomic E-state index is 12.5. The molecule has 0 radical (unpaired) electrons. The van der Waals surface area contributed by atoms with Crippen LogP contribution in [0.4, 0.5) is 11.4 Å². The Hall–Kier alpha value is -4.20. The molecule has 1 heterocycles. The molecule has 1 aromatic heterocycles. The fraction of sp³-hybridized carbons (Fsp3) is 0. The molecule has 8 heteroatoms. The number of hydrogen-bond donors (Lipinski definition) is 4. The molecule has 3 rings (SSSR count). The molecule has 0 atom stereocenters. The van der Waals surface area contributed by atoms with Crippen LogP contribution in [0.25, 0.3) is 11.1 Å². The smallest absolute Gasteiger partial charge is 0.335 e. The van der Waals surface area contributed by atoms with Gasteiger partial charge in [0.2, 0.25) is 0 Å². The second kappa shape index (κ2) is 7.58. The number of carboxylic acids is 2. The van der Waals surface area contributed by atoms with E-state index in [2.05, 4.69) is 10.3 Å². The lowest BCUT2D eigenvalue weighted by Gasteiger charge is -2.10. The Morgan fingerprint density at radius 1 is 0.893 bits per heavy atom. The first kappa shape index (κ1) is 18.6. The van der Waals surface area contributed by atoms with Gasteiger partial charge in [-0.15, -0.1) is 0 Å². The third kappa shape index (κ3) is 3.96. The number of benzene rings is 2. The zero-order valence-electron chi connectivity index (χ0n) is 14.4. The highest BCUT2D eigenvalue weighted by atomic mass is 16.4. The second-order valence-electron chi connectivity index (χ2n) is 5.91. The predicted molar refractivity (Wildman–Crippen MR) is 102 cm³/mol. The Kier molecular flexibility index (Phi) is 5.03. The SMILES string of the molecule is Nc1cc(C(=O)Nc2cc(C(=O)O)cc(C(=O)O)c2)ccc1-c1cccnc1. The normalized spacial score (nSPS) is 10.3. The number of nitrogens with two attached hydrogens (primary N) is 1. The number of rotatable bonds is 5. The van der Waals surface area contributed by atoms with Crippen molar-refractivity contribution in [2.24, 2.45) is 0 Å². The van der Waals surface area contributed by atoms with Gasteiger partial charge in [-0.25, -0.2) is 9.59 Å². The summed E-state index contributed by atoms with van der Waals surface area (Å²) in [5, 5.41) is 20.7. The fourth-order valence-corrected chi connectivity index (χ4v) is 2.64. The van der Waals surface area contributed by atoms with Gasteiger partial charge >= 0.3 is 11.9 Å². The van der Waals surface area contributed by atoms with Crippen molar-refractivity contribution in [3.8, 4) is 11.1 Å². The van der Waals surface area contributed by atoms with E-state index >= 15 is 0 Å². The number of pyridine rings is 1. The van der Waals surface area contributed by atoms with Crippen molar-refractivity contribution in [3.63, 3.8) is 0 Å². The van der Waals surface area contributed by atoms with Crippen LogP contribution in [0.2, 0.25) is 0 Å². The van der Waals surface area contributed by atoms with Crippen LogP contribution in [0.5, 0.6) is 0 Å². The fourth-order valence-electron chi connectivity index (χ4n) is 2.64. The maximum Gasteiger partial charge on any atom is 0.335 e. The van der Waals surface area contributed by atoms with Crippen molar-refractivity contribution in [1.82, 2.24) is 4.98 Å². The minimum Gasteiger partial charge on any atom is -0.478 e. The Labute approximate surface area is 159 Å². The number of hydrogen-bond acceptors (Lipinski definition) is 5. The molecule has 140 valence electrons. The number of nitrogens with zero attached hydrogens (tertiary/aromatic N) is 1. The lowest BCUT2D eigenvalue weighted by Crippen LogP contribution is -2.14. The highest BCUT2D eigenvalue weighted by Crippen LogP contribution is 2.26. The van der Waals surface area contributed by atoms with E-state index in [9.17, 15) is 14.4 Å². The molecule has 0 aliphatic carbocycles. The highest BCUT2D eigenvalue weighted by molar-refractivity contribution is 6.06. The van der Waals surface area contributed by atoms with Gasteiger partial charge in [0.1, 0.15) is 0 Å². The van der Waals surface area contributed by atoms with E-state index in [0.717, 1.165) is 11.6 Å². The van der Waals surface area contributed by atoms with Gasteiger partial charge in [0, 0.05) is 40.5 Å². The van der Waals surface area contributed by atoms with Crippen LogP contribution >= 0.6 is 0 Å². The minimum atomic E-state index is -1.30. The minimum absolute atomic E-state index is 0.0530. The van der Waals surface area contributed by atoms with Crippen LogP contribution < -0.4 is 11.1 Å². The molecule has 5 N–H and O–H groups in total. The van der Waals surface area contributed by atoms with Gasteiger partial charge in [-0.2, -0.15) is 0 Å². The average Bonchev–Trinajstić information content (AvgIpc) is 2.68. The van der Waals surface area contributed by atoms with Gasteiger partial charge in [-0.05, 0) is 36.4 Å². The van der Waals surface area contributed by atoms with Gasteiger partial charge < -0.3 is 21.3 Å². The number of aromatic carboxylic acids is 2. The topological polar surface area (TPSA) is 143 Å². The molecule has 2 aromatic carbocycles. The van der Waals surface area contributed by atoms with E-state index in [1.807, 2.05) is 6.07 Å². The molecule has 1 amide bonds. The third-order valence-electron chi connectivity index (χ3n) is 3.97. The van der Waals surface area contributed by atoms with Crippen LogP contribution in [0.15, 0.2) is 60.9 Å². The van der Waals surface area contributed by atoms with Crippen LogP contribution in [0.3, 0.4) is 0 Å². The lowest BCUT2D eigenvalue weighted by molar-refractivity contribution is 0.0696. The Bertz CT molecular complexity index is 1050. The number of carboxylic acid groups (broad SMARTS) is 2.